The summed E-state index contributed by atoms with van der Waals surface area (Å²) in [5, 5.41) is 7.47. The fraction of sp³-hybridized carbons (Fsp3) is 0.294. The molecular weight excluding hydrogens is 330 g/mol. The van der Waals surface area contributed by atoms with E-state index in [9.17, 15) is 4.79 Å². The van der Waals surface area contributed by atoms with E-state index < -0.39 is 0 Å². The lowest BCUT2D eigenvalue weighted by molar-refractivity contribution is -0.126. The highest BCUT2D eigenvalue weighted by molar-refractivity contribution is 6.32. The molecular formula is C17H16ClN3O3. The third kappa shape index (κ3) is 2.85. The van der Waals surface area contributed by atoms with Gasteiger partial charge in [0.15, 0.2) is 11.5 Å². The number of ether oxygens (including phenoxy) is 2. The van der Waals surface area contributed by atoms with Crippen molar-refractivity contribution in [3.63, 3.8) is 0 Å². The van der Waals surface area contributed by atoms with Gasteiger partial charge in [0.1, 0.15) is 13.2 Å². The molecule has 1 aromatic heterocycles. The van der Waals surface area contributed by atoms with Gasteiger partial charge < -0.3 is 14.4 Å². The molecule has 0 atom stereocenters. The van der Waals surface area contributed by atoms with E-state index in [1.165, 1.54) is 0 Å². The summed E-state index contributed by atoms with van der Waals surface area (Å²) in [5.41, 5.74) is 2.99. The van der Waals surface area contributed by atoms with Crippen LogP contribution in [0.2, 0.25) is 5.02 Å². The predicted octanol–water partition coefficient (Wildman–Crippen LogP) is 2.43. The monoisotopic (exact) mass is 345 g/mol. The molecule has 0 radical (unpaired) electrons. The largest absolute Gasteiger partial charge is 0.486 e. The Morgan fingerprint density at radius 3 is 3.12 bits per heavy atom. The van der Waals surface area contributed by atoms with Crippen LogP contribution in [0.1, 0.15) is 16.8 Å². The zero-order chi connectivity index (χ0) is 16.5. The number of nitrogens with one attached hydrogen (secondary N) is 1. The number of carbonyl (C=O) groups excluding carboxylic acids is 1. The lowest BCUT2D eigenvalue weighted by Gasteiger charge is -2.25. The first-order valence-corrected chi connectivity index (χ1v) is 8.16. The van der Waals surface area contributed by atoms with Crippen molar-refractivity contribution in [1.29, 1.82) is 0 Å². The number of benzene rings is 1. The number of nitrogens with zero attached hydrogens (tertiary/aromatic N) is 2. The SMILES string of the molecule is O=C(C=Cc1cc(Cl)c2c(c1)OCCO2)N1CCc2[nH]ncc2C1. The van der Waals surface area contributed by atoms with Crippen molar-refractivity contribution in [1.82, 2.24) is 15.1 Å². The van der Waals surface area contributed by atoms with Crippen molar-refractivity contribution in [2.75, 3.05) is 19.8 Å². The van der Waals surface area contributed by atoms with E-state index in [2.05, 4.69) is 10.2 Å². The van der Waals surface area contributed by atoms with Crippen LogP contribution in [0.3, 0.4) is 0 Å². The van der Waals surface area contributed by atoms with Gasteiger partial charge in [0.25, 0.3) is 0 Å². The first-order valence-electron chi connectivity index (χ1n) is 7.78. The summed E-state index contributed by atoms with van der Waals surface area (Å²) in [6.07, 6.45) is 5.88. The molecule has 0 bridgehead atoms. The number of hydrogen-bond acceptors (Lipinski definition) is 4. The zero-order valence-corrected chi connectivity index (χ0v) is 13.7. The van der Waals surface area contributed by atoms with E-state index in [4.69, 9.17) is 21.1 Å². The van der Waals surface area contributed by atoms with Crippen molar-refractivity contribution >= 4 is 23.6 Å². The highest BCUT2D eigenvalue weighted by Gasteiger charge is 2.20. The van der Waals surface area contributed by atoms with Crippen molar-refractivity contribution in [3.05, 3.63) is 46.2 Å². The van der Waals surface area contributed by atoms with Crippen LogP contribution in [0.5, 0.6) is 11.5 Å². The van der Waals surface area contributed by atoms with Gasteiger partial charge >= 0.3 is 0 Å². The summed E-state index contributed by atoms with van der Waals surface area (Å²) < 4.78 is 11.0. The quantitative estimate of drug-likeness (QED) is 0.849. The number of halogens is 1. The van der Waals surface area contributed by atoms with E-state index in [1.54, 1.807) is 29.3 Å². The Bertz CT molecular complexity index is 815. The number of rotatable bonds is 2. The molecule has 2 aromatic rings. The molecule has 7 heteroatoms. The highest BCUT2D eigenvalue weighted by atomic mass is 35.5. The molecule has 0 spiro atoms. The standard InChI is InChI=1S/C17H16ClN3O3/c18-13-7-11(8-15-17(13)24-6-5-23-15)1-2-16(22)21-4-3-14-12(10-21)9-19-20-14/h1-2,7-9H,3-6,10H2,(H,19,20). The Labute approximate surface area is 144 Å². The van der Waals surface area contributed by atoms with Crippen LogP contribution < -0.4 is 9.47 Å². The first kappa shape index (κ1) is 15.1. The molecule has 0 saturated heterocycles. The van der Waals surface area contributed by atoms with Crippen molar-refractivity contribution in [2.24, 2.45) is 0 Å². The maximum Gasteiger partial charge on any atom is 0.246 e. The number of hydrogen-bond donors (Lipinski definition) is 1. The van der Waals surface area contributed by atoms with Gasteiger partial charge in [0.05, 0.1) is 11.2 Å². The molecule has 24 heavy (non-hydrogen) atoms. The number of amides is 1. The number of aromatic amines is 1. The number of fused-ring (bicyclic) bond motifs is 2. The van der Waals surface area contributed by atoms with E-state index >= 15 is 0 Å². The van der Waals surface area contributed by atoms with Gasteiger partial charge in [-0.1, -0.05) is 11.6 Å². The minimum absolute atomic E-state index is 0.0344. The smallest absolute Gasteiger partial charge is 0.246 e. The van der Waals surface area contributed by atoms with E-state index in [1.807, 2.05) is 6.07 Å². The second kappa shape index (κ2) is 6.20. The second-order valence-corrected chi connectivity index (χ2v) is 6.15. The van der Waals surface area contributed by atoms with Crippen LogP contribution in [0.15, 0.2) is 24.4 Å². The number of H-pyrrole nitrogens is 1. The van der Waals surface area contributed by atoms with Gasteiger partial charge in [-0.15, -0.1) is 0 Å². The lowest BCUT2D eigenvalue weighted by Crippen LogP contribution is -2.34. The molecule has 0 unspecified atom stereocenters. The molecule has 0 aliphatic carbocycles. The zero-order valence-electron chi connectivity index (χ0n) is 12.9. The van der Waals surface area contributed by atoms with Crippen LogP contribution in [0, 0.1) is 0 Å². The predicted molar refractivity (Wildman–Crippen MR) is 89.2 cm³/mol. The summed E-state index contributed by atoms with van der Waals surface area (Å²) in [6.45, 7) is 2.25. The molecule has 1 amide bonds. The normalized spacial score (nSPS) is 16.3. The number of aromatic nitrogens is 2. The molecule has 0 saturated carbocycles. The molecule has 6 nitrogen and oxygen atoms in total. The average Bonchev–Trinajstić information content (AvgIpc) is 3.07. The van der Waals surface area contributed by atoms with Crippen molar-refractivity contribution in [3.8, 4) is 11.5 Å². The summed E-state index contributed by atoms with van der Waals surface area (Å²) in [7, 11) is 0. The molecule has 124 valence electrons. The Balaban J connectivity index is 1.49. The van der Waals surface area contributed by atoms with Gasteiger partial charge in [-0.25, -0.2) is 0 Å². The van der Waals surface area contributed by atoms with Gasteiger partial charge in [0.2, 0.25) is 5.91 Å². The van der Waals surface area contributed by atoms with E-state index in [-0.39, 0.29) is 5.91 Å². The van der Waals surface area contributed by atoms with Gasteiger partial charge in [-0.2, -0.15) is 5.10 Å². The maximum atomic E-state index is 12.4. The minimum atomic E-state index is -0.0344. The van der Waals surface area contributed by atoms with Gasteiger partial charge in [-0.3, -0.25) is 9.89 Å². The van der Waals surface area contributed by atoms with Gasteiger partial charge in [0, 0.05) is 36.8 Å². The molecule has 2 aliphatic rings. The molecule has 1 aromatic carbocycles. The van der Waals surface area contributed by atoms with Crippen LogP contribution in [0.4, 0.5) is 0 Å². The summed E-state index contributed by atoms with van der Waals surface area (Å²) in [6, 6.07) is 3.60. The van der Waals surface area contributed by atoms with Crippen molar-refractivity contribution in [2.45, 2.75) is 13.0 Å². The number of carbonyl (C=O) groups is 1. The fourth-order valence-corrected chi connectivity index (χ4v) is 3.18. The van der Waals surface area contributed by atoms with Crippen LogP contribution in [-0.2, 0) is 17.8 Å². The summed E-state index contributed by atoms with van der Waals surface area (Å²) >= 11 is 6.21. The average molecular weight is 346 g/mol. The second-order valence-electron chi connectivity index (χ2n) is 5.74. The molecule has 0 fully saturated rings. The fourth-order valence-electron chi connectivity index (χ4n) is 2.91. The van der Waals surface area contributed by atoms with Crippen LogP contribution in [-0.4, -0.2) is 40.8 Å². The van der Waals surface area contributed by atoms with E-state index in [0.717, 1.165) is 23.2 Å². The molecule has 3 heterocycles. The summed E-state index contributed by atoms with van der Waals surface area (Å²) in [5.74, 6) is 1.14. The minimum Gasteiger partial charge on any atom is -0.486 e. The molecule has 2 aliphatic heterocycles. The van der Waals surface area contributed by atoms with Crippen LogP contribution in [0.25, 0.3) is 6.08 Å². The first-order chi connectivity index (χ1) is 11.7. The highest BCUT2D eigenvalue weighted by Crippen LogP contribution is 2.38. The Morgan fingerprint density at radius 1 is 1.33 bits per heavy atom. The topological polar surface area (TPSA) is 67.5 Å². The molecule has 4 rings (SSSR count). The van der Waals surface area contributed by atoms with Crippen molar-refractivity contribution < 1.29 is 14.3 Å². The Hall–Kier alpha value is -2.47. The van der Waals surface area contributed by atoms with Crippen LogP contribution >= 0.6 is 11.6 Å². The third-order valence-electron chi connectivity index (χ3n) is 4.15. The van der Waals surface area contributed by atoms with E-state index in [0.29, 0.717) is 42.8 Å². The third-order valence-corrected chi connectivity index (χ3v) is 4.43. The summed E-state index contributed by atoms with van der Waals surface area (Å²) in [4.78, 5) is 14.2. The lowest BCUT2D eigenvalue weighted by atomic mass is 10.1. The Kier molecular flexibility index (Phi) is 3.90. The van der Waals surface area contributed by atoms with Gasteiger partial charge in [-0.05, 0) is 23.8 Å². The molecule has 1 N–H and O–H groups in total. The maximum absolute atomic E-state index is 12.4. The Morgan fingerprint density at radius 2 is 2.21 bits per heavy atom.